The number of nitrogens with one attached hydrogen (secondary N) is 1. The van der Waals surface area contributed by atoms with Gasteiger partial charge in [0.25, 0.3) is 11.8 Å². The molecule has 0 saturated carbocycles. The molecular weight excluding hydrogens is 198 g/mol. The van der Waals surface area contributed by atoms with Crippen molar-refractivity contribution in [2.75, 3.05) is 13.2 Å². The number of aliphatic hydroxyl groups is 1. The number of hydrogen-bond donors (Lipinski definition) is 3. The topological polar surface area (TPSA) is 105 Å². The van der Waals surface area contributed by atoms with Crippen LogP contribution in [-0.4, -0.2) is 35.1 Å². The lowest BCUT2D eigenvalue weighted by Crippen LogP contribution is -2.28. The van der Waals surface area contributed by atoms with Crippen LogP contribution in [-0.2, 0) is 0 Å². The summed E-state index contributed by atoms with van der Waals surface area (Å²) in [5, 5.41) is 10.9. The number of amides is 2. The van der Waals surface area contributed by atoms with Crippen molar-refractivity contribution in [3.05, 3.63) is 29.6 Å². The second-order valence-electron chi connectivity index (χ2n) is 2.75. The van der Waals surface area contributed by atoms with E-state index in [-0.39, 0.29) is 24.5 Å². The van der Waals surface area contributed by atoms with Crippen LogP contribution in [0, 0.1) is 0 Å². The first kappa shape index (κ1) is 11.1. The standard InChI is InChI=1S/C9H11N3O3/c10-8(14)6-2-1-3-7(12-6)9(15)11-4-5-13/h1-3,13H,4-5H2,(H2,10,14)(H,11,15). The van der Waals surface area contributed by atoms with Gasteiger partial charge in [-0.15, -0.1) is 0 Å². The highest BCUT2D eigenvalue weighted by molar-refractivity contribution is 5.95. The highest BCUT2D eigenvalue weighted by Crippen LogP contribution is 1.98. The van der Waals surface area contributed by atoms with E-state index in [1.807, 2.05) is 0 Å². The minimum atomic E-state index is -0.688. The lowest BCUT2D eigenvalue weighted by molar-refractivity contribution is 0.0939. The number of nitrogens with two attached hydrogens (primary N) is 1. The minimum Gasteiger partial charge on any atom is -0.395 e. The van der Waals surface area contributed by atoms with Gasteiger partial charge in [-0.2, -0.15) is 0 Å². The average molecular weight is 209 g/mol. The third-order valence-corrected chi connectivity index (χ3v) is 1.63. The van der Waals surface area contributed by atoms with Gasteiger partial charge in [-0.3, -0.25) is 9.59 Å². The molecule has 1 aromatic rings. The molecule has 0 unspecified atom stereocenters. The Labute approximate surface area is 86.1 Å². The zero-order valence-corrected chi connectivity index (χ0v) is 7.93. The quantitative estimate of drug-likeness (QED) is 0.585. The van der Waals surface area contributed by atoms with Gasteiger partial charge in [0, 0.05) is 6.54 Å². The molecule has 0 spiro atoms. The highest BCUT2D eigenvalue weighted by atomic mass is 16.3. The van der Waals surface area contributed by atoms with E-state index in [1.54, 1.807) is 0 Å². The van der Waals surface area contributed by atoms with E-state index >= 15 is 0 Å². The van der Waals surface area contributed by atoms with Crippen LogP contribution in [0.3, 0.4) is 0 Å². The maximum atomic E-state index is 11.3. The first-order chi connectivity index (χ1) is 7.15. The zero-order chi connectivity index (χ0) is 11.3. The number of carbonyl (C=O) groups excluding carboxylic acids is 2. The molecule has 0 aromatic carbocycles. The molecule has 15 heavy (non-hydrogen) atoms. The molecule has 0 atom stereocenters. The maximum Gasteiger partial charge on any atom is 0.269 e. The molecule has 0 bridgehead atoms. The summed E-state index contributed by atoms with van der Waals surface area (Å²) < 4.78 is 0. The summed E-state index contributed by atoms with van der Waals surface area (Å²) >= 11 is 0. The monoisotopic (exact) mass is 209 g/mol. The van der Waals surface area contributed by atoms with E-state index in [1.165, 1.54) is 18.2 Å². The first-order valence-electron chi connectivity index (χ1n) is 4.31. The maximum absolute atomic E-state index is 11.3. The predicted molar refractivity (Wildman–Crippen MR) is 52.2 cm³/mol. The molecule has 0 aliphatic heterocycles. The molecule has 0 radical (unpaired) electrons. The summed E-state index contributed by atoms with van der Waals surface area (Å²) in [5.74, 6) is -1.14. The molecule has 0 saturated heterocycles. The summed E-state index contributed by atoms with van der Waals surface area (Å²) in [6, 6.07) is 4.39. The van der Waals surface area contributed by atoms with E-state index in [2.05, 4.69) is 10.3 Å². The minimum absolute atomic E-state index is 0.0339. The third-order valence-electron chi connectivity index (χ3n) is 1.63. The van der Waals surface area contributed by atoms with Crippen LogP contribution in [0.2, 0.25) is 0 Å². The Morgan fingerprint density at radius 1 is 1.40 bits per heavy atom. The Hall–Kier alpha value is -1.95. The number of hydrogen-bond acceptors (Lipinski definition) is 4. The molecule has 1 rings (SSSR count). The summed E-state index contributed by atoms with van der Waals surface area (Å²) in [4.78, 5) is 25.9. The highest BCUT2D eigenvalue weighted by Gasteiger charge is 2.09. The Bertz CT molecular complexity index is 379. The van der Waals surface area contributed by atoms with Crippen molar-refractivity contribution in [1.29, 1.82) is 0 Å². The first-order valence-corrected chi connectivity index (χ1v) is 4.31. The smallest absolute Gasteiger partial charge is 0.269 e. The van der Waals surface area contributed by atoms with Crippen LogP contribution in [0.15, 0.2) is 18.2 Å². The summed E-state index contributed by atoms with van der Waals surface area (Å²) in [6.45, 7) is -0.0113. The van der Waals surface area contributed by atoms with E-state index in [0.717, 1.165) is 0 Å². The van der Waals surface area contributed by atoms with E-state index < -0.39 is 11.8 Å². The Kier molecular flexibility index (Phi) is 3.75. The van der Waals surface area contributed by atoms with Crippen molar-refractivity contribution < 1.29 is 14.7 Å². The van der Waals surface area contributed by atoms with Gasteiger partial charge < -0.3 is 16.2 Å². The van der Waals surface area contributed by atoms with Crippen molar-refractivity contribution >= 4 is 11.8 Å². The van der Waals surface area contributed by atoms with Gasteiger partial charge in [-0.05, 0) is 12.1 Å². The van der Waals surface area contributed by atoms with Gasteiger partial charge in [0.05, 0.1) is 6.61 Å². The van der Waals surface area contributed by atoms with Crippen LogP contribution in [0.5, 0.6) is 0 Å². The number of aliphatic hydroxyl groups excluding tert-OH is 1. The van der Waals surface area contributed by atoms with Crippen LogP contribution in [0.25, 0.3) is 0 Å². The molecule has 0 fully saturated rings. The Morgan fingerprint density at radius 3 is 2.67 bits per heavy atom. The molecule has 4 N–H and O–H groups in total. The normalized spacial score (nSPS) is 9.67. The molecule has 80 valence electrons. The Morgan fingerprint density at radius 2 is 2.07 bits per heavy atom. The van der Waals surface area contributed by atoms with Crippen molar-refractivity contribution in [2.24, 2.45) is 5.73 Å². The molecule has 2 amide bonds. The van der Waals surface area contributed by atoms with Gasteiger partial charge in [0.2, 0.25) is 0 Å². The van der Waals surface area contributed by atoms with E-state index in [4.69, 9.17) is 10.8 Å². The van der Waals surface area contributed by atoms with Crippen molar-refractivity contribution in [2.45, 2.75) is 0 Å². The molecule has 6 nitrogen and oxygen atoms in total. The Balaban J connectivity index is 2.81. The van der Waals surface area contributed by atoms with Crippen molar-refractivity contribution in [1.82, 2.24) is 10.3 Å². The van der Waals surface area contributed by atoms with Crippen LogP contribution >= 0.6 is 0 Å². The van der Waals surface area contributed by atoms with Gasteiger partial charge in [-0.1, -0.05) is 6.07 Å². The summed E-state index contributed by atoms with van der Waals surface area (Å²) in [7, 11) is 0. The molecule has 0 aliphatic rings. The number of pyridine rings is 1. The average Bonchev–Trinajstić information content (AvgIpc) is 2.26. The van der Waals surface area contributed by atoms with Crippen molar-refractivity contribution in [3.63, 3.8) is 0 Å². The van der Waals surface area contributed by atoms with Crippen LogP contribution < -0.4 is 11.1 Å². The second kappa shape index (κ2) is 5.06. The number of nitrogens with zero attached hydrogens (tertiary/aromatic N) is 1. The number of primary amides is 1. The largest absolute Gasteiger partial charge is 0.395 e. The van der Waals surface area contributed by atoms with Gasteiger partial charge in [0.15, 0.2) is 0 Å². The molecular formula is C9H11N3O3. The molecule has 1 heterocycles. The predicted octanol–water partition coefficient (Wildman–Crippen LogP) is -1.10. The summed E-state index contributed by atoms with van der Waals surface area (Å²) in [5.41, 5.74) is 5.14. The lowest BCUT2D eigenvalue weighted by atomic mass is 10.3. The third kappa shape index (κ3) is 3.03. The van der Waals surface area contributed by atoms with Crippen LogP contribution in [0.1, 0.15) is 21.0 Å². The van der Waals surface area contributed by atoms with E-state index in [9.17, 15) is 9.59 Å². The fourth-order valence-corrected chi connectivity index (χ4v) is 0.958. The number of rotatable bonds is 4. The molecule has 0 aliphatic carbocycles. The van der Waals surface area contributed by atoms with Gasteiger partial charge in [-0.25, -0.2) is 4.98 Å². The fraction of sp³-hybridized carbons (Fsp3) is 0.222. The van der Waals surface area contributed by atoms with Crippen LogP contribution in [0.4, 0.5) is 0 Å². The lowest BCUT2D eigenvalue weighted by Gasteiger charge is -2.02. The second-order valence-corrected chi connectivity index (χ2v) is 2.75. The van der Waals surface area contributed by atoms with Gasteiger partial charge in [0.1, 0.15) is 11.4 Å². The van der Waals surface area contributed by atoms with E-state index in [0.29, 0.717) is 0 Å². The summed E-state index contributed by atoms with van der Waals surface area (Å²) in [6.07, 6.45) is 0. The molecule has 6 heteroatoms. The van der Waals surface area contributed by atoms with Gasteiger partial charge >= 0.3 is 0 Å². The number of carbonyl (C=O) groups is 2. The van der Waals surface area contributed by atoms with Crippen molar-refractivity contribution in [3.8, 4) is 0 Å². The SMILES string of the molecule is NC(=O)c1cccc(C(=O)NCCO)n1. The fourth-order valence-electron chi connectivity index (χ4n) is 0.958. The number of aromatic nitrogens is 1. The molecule has 1 aromatic heterocycles. The zero-order valence-electron chi connectivity index (χ0n) is 7.93.